The Morgan fingerprint density at radius 1 is 1.12 bits per heavy atom. The number of halogens is 1. The van der Waals surface area contributed by atoms with Gasteiger partial charge >= 0.3 is 6.03 Å². The second-order valence-corrected chi connectivity index (χ2v) is 7.94. The fraction of sp³-hybridized carbons (Fsp3) is 0.250. The van der Waals surface area contributed by atoms with E-state index in [9.17, 15) is 4.79 Å². The third-order valence-electron chi connectivity index (χ3n) is 4.55. The second kappa shape index (κ2) is 7.56. The Balaban J connectivity index is 1.81. The standard InChI is InChI=1S/C20H22ClN3OS/c1-12-15(4)26-19(24-10-5-6-11-24)18(12)14(3)22-20(25)23-17-9-7-8-16(21)13(17)2/h5-11,14H,1-4H3,(H2,22,23,25). The van der Waals surface area contributed by atoms with Gasteiger partial charge in [-0.2, -0.15) is 0 Å². The predicted octanol–water partition coefficient (Wildman–Crippen LogP) is 6.00. The summed E-state index contributed by atoms with van der Waals surface area (Å²) >= 11 is 7.86. The first-order valence-corrected chi connectivity index (χ1v) is 9.63. The molecule has 0 bridgehead atoms. The Kier molecular flexibility index (Phi) is 5.39. The highest BCUT2D eigenvalue weighted by Crippen LogP contribution is 2.35. The second-order valence-electron chi connectivity index (χ2n) is 6.32. The van der Waals surface area contributed by atoms with Crippen LogP contribution in [0.5, 0.6) is 0 Å². The van der Waals surface area contributed by atoms with Crippen LogP contribution >= 0.6 is 22.9 Å². The molecule has 1 atom stereocenters. The van der Waals surface area contributed by atoms with Gasteiger partial charge in [0.15, 0.2) is 0 Å². The number of nitrogens with one attached hydrogen (secondary N) is 2. The van der Waals surface area contributed by atoms with Crippen LogP contribution < -0.4 is 10.6 Å². The number of nitrogens with zero attached hydrogens (tertiary/aromatic N) is 1. The number of carbonyl (C=O) groups is 1. The maximum atomic E-state index is 12.5. The number of aryl methyl sites for hydroxylation is 1. The van der Waals surface area contributed by atoms with E-state index in [0.29, 0.717) is 10.7 Å². The largest absolute Gasteiger partial charge is 0.331 e. The highest BCUT2D eigenvalue weighted by Gasteiger charge is 2.21. The lowest BCUT2D eigenvalue weighted by Crippen LogP contribution is -2.32. The maximum absolute atomic E-state index is 12.5. The van der Waals surface area contributed by atoms with Gasteiger partial charge in [0.25, 0.3) is 0 Å². The highest BCUT2D eigenvalue weighted by molar-refractivity contribution is 7.14. The summed E-state index contributed by atoms with van der Waals surface area (Å²) in [4.78, 5) is 13.8. The van der Waals surface area contributed by atoms with Gasteiger partial charge in [-0.05, 0) is 63.1 Å². The van der Waals surface area contributed by atoms with Gasteiger partial charge in [0, 0.05) is 33.5 Å². The molecule has 0 spiro atoms. The van der Waals surface area contributed by atoms with Crippen molar-refractivity contribution in [3.05, 3.63) is 69.3 Å². The van der Waals surface area contributed by atoms with Gasteiger partial charge < -0.3 is 15.2 Å². The summed E-state index contributed by atoms with van der Waals surface area (Å²) < 4.78 is 2.09. The lowest BCUT2D eigenvalue weighted by Gasteiger charge is -2.18. The molecule has 1 aromatic carbocycles. The van der Waals surface area contributed by atoms with E-state index < -0.39 is 0 Å². The van der Waals surface area contributed by atoms with Gasteiger partial charge in [0.05, 0.1) is 6.04 Å². The van der Waals surface area contributed by atoms with Crippen molar-refractivity contribution in [1.82, 2.24) is 9.88 Å². The minimum atomic E-state index is -0.246. The minimum Gasteiger partial charge on any atom is -0.331 e. The van der Waals surface area contributed by atoms with Crippen molar-refractivity contribution in [1.29, 1.82) is 0 Å². The Hall–Kier alpha value is -2.24. The number of thiophene rings is 1. The van der Waals surface area contributed by atoms with E-state index in [4.69, 9.17) is 11.6 Å². The zero-order valence-corrected chi connectivity index (χ0v) is 16.8. The third-order valence-corrected chi connectivity index (χ3v) is 6.19. The summed E-state index contributed by atoms with van der Waals surface area (Å²) in [6, 6.07) is 9.11. The van der Waals surface area contributed by atoms with Gasteiger partial charge in [0.1, 0.15) is 5.00 Å². The number of anilines is 1. The first kappa shape index (κ1) is 18.5. The van der Waals surface area contributed by atoms with Crippen LogP contribution in [0.15, 0.2) is 42.7 Å². The van der Waals surface area contributed by atoms with E-state index >= 15 is 0 Å². The summed E-state index contributed by atoms with van der Waals surface area (Å²) in [5.74, 6) is 0. The number of hydrogen-bond donors (Lipinski definition) is 2. The molecular formula is C20H22ClN3OS. The number of urea groups is 1. The number of hydrogen-bond acceptors (Lipinski definition) is 2. The Morgan fingerprint density at radius 3 is 2.50 bits per heavy atom. The monoisotopic (exact) mass is 387 g/mol. The molecule has 4 nitrogen and oxygen atoms in total. The molecule has 0 aliphatic rings. The molecule has 3 rings (SSSR count). The summed E-state index contributed by atoms with van der Waals surface area (Å²) in [6.45, 7) is 8.10. The number of aromatic nitrogens is 1. The Morgan fingerprint density at radius 2 is 1.81 bits per heavy atom. The van der Waals surface area contributed by atoms with Gasteiger partial charge in [0.2, 0.25) is 0 Å². The maximum Gasteiger partial charge on any atom is 0.319 e. The molecule has 2 aromatic heterocycles. The Labute approximate surface area is 162 Å². The van der Waals surface area contributed by atoms with Crippen LogP contribution in [0.2, 0.25) is 5.02 Å². The van der Waals surface area contributed by atoms with Crippen LogP contribution in [0.3, 0.4) is 0 Å². The van der Waals surface area contributed by atoms with Crippen LogP contribution in [-0.4, -0.2) is 10.6 Å². The zero-order valence-electron chi connectivity index (χ0n) is 15.3. The highest BCUT2D eigenvalue weighted by atomic mass is 35.5. The molecule has 0 saturated heterocycles. The summed E-state index contributed by atoms with van der Waals surface area (Å²) in [5.41, 5.74) is 3.92. The van der Waals surface area contributed by atoms with E-state index in [-0.39, 0.29) is 12.1 Å². The number of rotatable bonds is 4. The molecule has 136 valence electrons. The molecule has 0 saturated carbocycles. The smallest absolute Gasteiger partial charge is 0.319 e. The minimum absolute atomic E-state index is 0.128. The average molecular weight is 388 g/mol. The summed E-state index contributed by atoms with van der Waals surface area (Å²) in [7, 11) is 0. The van der Waals surface area contributed by atoms with Gasteiger partial charge in [-0.1, -0.05) is 17.7 Å². The normalized spacial score (nSPS) is 12.0. The molecule has 2 amide bonds. The molecule has 6 heteroatoms. The van der Waals surface area contributed by atoms with Crippen LogP contribution in [0, 0.1) is 20.8 Å². The van der Waals surface area contributed by atoms with Crippen molar-refractivity contribution < 1.29 is 4.79 Å². The van der Waals surface area contributed by atoms with Crippen molar-refractivity contribution in [2.75, 3.05) is 5.32 Å². The van der Waals surface area contributed by atoms with Gasteiger partial charge in [-0.25, -0.2) is 4.79 Å². The SMILES string of the molecule is Cc1sc(-n2cccc2)c(C(C)NC(=O)Nc2cccc(Cl)c2C)c1C. The third kappa shape index (κ3) is 3.64. The van der Waals surface area contributed by atoms with E-state index in [2.05, 4.69) is 29.0 Å². The zero-order chi connectivity index (χ0) is 18.8. The fourth-order valence-corrected chi connectivity index (χ4v) is 4.36. The molecule has 0 aliphatic carbocycles. The first-order valence-electron chi connectivity index (χ1n) is 8.44. The first-order chi connectivity index (χ1) is 12.4. The van der Waals surface area contributed by atoms with Gasteiger partial charge in [-0.3, -0.25) is 0 Å². The lowest BCUT2D eigenvalue weighted by molar-refractivity contribution is 0.249. The molecule has 26 heavy (non-hydrogen) atoms. The molecule has 0 aliphatic heterocycles. The van der Waals surface area contributed by atoms with Crippen molar-refractivity contribution >= 4 is 34.7 Å². The van der Waals surface area contributed by atoms with Crippen molar-refractivity contribution in [3.63, 3.8) is 0 Å². The van der Waals surface area contributed by atoms with E-state index in [0.717, 1.165) is 16.1 Å². The van der Waals surface area contributed by atoms with Crippen molar-refractivity contribution in [3.8, 4) is 5.00 Å². The predicted molar refractivity (Wildman–Crippen MR) is 110 cm³/mol. The van der Waals surface area contributed by atoms with Crippen LogP contribution in [0.1, 0.15) is 34.5 Å². The molecule has 2 heterocycles. The summed E-state index contributed by atoms with van der Waals surface area (Å²) in [6.07, 6.45) is 4.05. The lowest BCUT2D eigenvalue weighted by atomic mass is 10.1. The van der Waals surface area contributed by atoms with E-state index in [1.165, 1.54) is 10.4 Å². The molecule has 3 aromatic rings. The molecule has 1 unspecified atom stereocenters. The number of carbonyl (C=O) groups excluding carboxylic acids is 1. The molecule has 0 radical (unpaired) electrons. The Bertz CT molecular complexity index is 931. The van der Waals surface area contributed by atoms with Crippen LogP contribution in [-0.2, 0) is 0 Å². The van der Waals surface area contributed by atoms with Crippen molar-refractivity contribution in [2.24, 2.45) is 0 Å². The fourth-order valence-electron chi connectivity index (χ4n) is 2.97. The molecule has 0 fully saturated rings. The van der Waals surface area contributed by atoms with Crippen LogP contribution in [0.4, 0.5) is 10.5 Å². The average Bonchev–Trinajstić information content (AvgIpc) is 3.21. The molecular weight excluding hydrogens is 366 g/mol. The number of benzene rings is 1. The van der Waals surface area contributed by atoms with Gasteiger partial charge in [-0.15, -0.1) is 11.3 Å². The van der Waals surface area contributed by atoms with Crippen LogP contribution in [0.25, 0.3) is 5.00 Å². The topological polar surface area (TPSA) is 46.1 Å². The quantitative estimate of drug-likeness (QED) is 0.566. The number of amides is 2. The van der Waals surface area contributed by atoms with Crippen molar-refractivity contribution in [2.45, 2.75) is 33.7 Å². The molecule has 2 N–H and O–H groups in total. The van der Waals surface area contributed by atoms with E-state index in [1.54, 1.807) is 11.3 Å². The van der Waals surface area contributed by atoms with E-state index in [1.807, 2.05) is 56.6 Å². The summed E-state index contributed by atoms with van der Waals surface area (Å²) in [5, 5.41) is 7.71.